The molecule has 3 aromatic rings. The van der Waals surface area contributed by atoms with E-state index in [4.69, 9.17) is 13.7 Å². The number of ether oxygens (including phenoxy) is 1. The van der Waals surface area contributed by atoms with Gasteiger partial charge in [-0.25, -0.2) is 9.78 Å². The number of nitrogens with one attached hydrogen (secondary N) is 1. The van der Waals surface area contributed by atoms with E-state index in [9.17, 15) is 9.59 Å². The number of hydrogen-bond donors (Lipinski definition) is 1. The molecule has 1 aromatic carbocycles. The lowest BCUT2D eigenvalue weighted by Crippen LogP contribution is -2.30. The molecule has 0 aliphatic carbocycles. The van der Waals surface area contributed by atoms with Gasteiger partial charge >= 0.3 is 5.97 Å². The van der Waals surface area contributed by atoms with Crippen LogP contribution in [-0.2, 0) is 9.53 Å². The molecule has 0 saturated carbocycles. The highest BCUT2D eigenvalue weighted by molar-refractivity contribution is 5.97. The Morgan fingerprint density at radius 2 is 2.13 bits per heavy atom. The van der Waals surface area contributed by atoms with Crippen LogP contribution in [0.15, 0.2) is 39.6 Å². The molecule has 0 bridgehead atoms. The third kappa shape index (κ3) is 3.20. The van der Waals surface area contributed by atoms with Gasteiger partial charge in [-0.05, 0) is 32.0 Å². The lowest BCUT2D eigenvalue weighted by molar-refractivity contribution is -0.123. The Morgan fingerprint density at radius 3 is 2.87 bits per heavy atom. The molecular weight excluding hydrogens is 302 g/mol. The second kappa shape index (κ2) is 5.91. The fraction of sp³-hybridized carbons (Fsp3) is 0.200. The van der Waals surface area contributed by atoms with Crippen molar-refractivity contribution in [3.63, 3.8) is 0 Å². The SMILES string of the molecule is Cc1cc(NC(=O)C(C)OC(=O)c2ccc3ncoc3c2)no1. The van der Waals surface area contributed by atoms with Crippen LogP contribution in [0.5, 0.6) is 0 Å². The van der Waals surface area contributed by atoms with Gasteiger partial charge in [-0.1, -0.05) is 5.16 Å². The number of hydrogen-bond acceptors (Lipinski definition) is 7. The van der Waals surface area contributed by atoms with E-state index in [1.54, 1.807) is 25.1 Å². The van der Waals surface area contributed by atoms with Crippen molar-refractivity contribution in [3.8, 4) is 0 Å². The van der Waals surface area contributed by atoms with Crippen molar-refractivity contribution >= 4 is 28.8 Å². The van der Waals surface area contributed by atoms with Crippen LogP contribution in [0.3, 0.4) is 0 Å². The highest BCUT2D eigenvalue weighted by Gasteiger charge is 2.20. The first-order chi connectivity index (χ1) is 11.0. The van der Waals surface area contributed by atoms with Crippen molar-refractivity contribution < 1.29 is 23.3 Å². The number of nitrogens with zero attached hydrogens (tertiary/aromatic N) is 2. The zero-order chi connectivity index (χ0) is 16.4. The summed E-state index contributed by atoms with van der Waals surface area (Å²) in [6, 6.07) is 6.26. The van der Waals surface area contributed by atoms with Gasteiger partial charge in [-0.2, -0.15) is 0 Å². The monoisotopic (exact) mass is 315 g/mol. The maximum Gasteiger partial charge on any atom is 0.339 e. The van der Waals surface area contributed by atoms with Crippen LogP contribution in [0.4, 0.5) is 5.82 Å². The standard InChI is InChI=1S/C15H13N3O5/c1-8-5-13(18-23-8)17-14(19)9(2)22-15(20)10-3-4-11-12(6-10)21-7-16-11/h3-7,9H,1-2H3,(H,17,18,19). The third-order valence-corrected chi connectivity index (χ3v) is 3.10. The normalized spacial score (nSPS) is 12.1. The van der Waals surface area contributed by atoms with Gasteiger partial charge in [0.2, 0.25) is 0 Å². The average molecular weight is 315 g/mol. The second-order valence-electron chi connectivity index (χ2n) is 4.89. The topological polar surface area (TPSA) is 107 Å². The largest absolute Gasteiger partial charge is 0.449 e. The summed E-state index contributed by atoms with van der Waals surface area (Å²) in [5.41, 5.74) is 1.37. The summed E-state index contributed by atoms with van der Waals surface area (Å²) in [5.74, 6) is -0.321. The van der Waals surface area contributed by atoms with Crippen molar-refractivity contribution in [1.82, 2.24) is 10.1 Å². The molecule has 0 fully saturated rings. The number of anilines is 1. The minimum Gasteiger partial charge on any atom is -0.449 e. The number of amides is 1. The van der Waals surface area contributed by atoms with Crippen LogP contribution in [0.25, 0.3) is 11.1 Å². The Morgan fingerprint density at radius 1 is 1.30 bits per heavy atom. The predicted octanol–water partition coefficient (Wildman–Crippen LogP) is 2.31. The zero-order valence-corrected chi connectivity index (χ0v) is 12.4. The number of aromatic nitrogens is 2. The van der Waals surface area contributed by atoms with Gasteiger partial charge in [0.05, 0.1) is 5.56 Å². The lowest BCUT2D eigenvalue weighted by Gasteiger charge is -2.12. The minimum absolute atomic E-state index is 0.262. The molecule has 118 valence electrons. The van der Waals surface area contributed by atoms with Crippen molar-refractivity contribution in [3.05, 3.63) is 42.0 Å². The van der Waals surface area contributed by atoms with E-state index in [1.165, 1.54) is 19.4 Å². The summed E-state index contributed by atoms with van der Waals surface area (Å²) in [4.78, 5) is 28.0. The molecule has 0 saturated heterocycles. The number of carbonyl (C=O) groups is 2. The number of rotatable bonds is 4. The van der Waals surface area contributed by atoms with E-state index in [2.05, 4.69) is 15.5 Å². The Balaban J connectivity index is 1.65. The first-order valence-corrected chi connectivity index (χ1v) is 6.81. The zero-order valence-electron chi connectivity index (χ0n) is 12.4. The van der Waals surface area contributed by atoms with Gasteiger partial charge in [0.1, 0.15) is 11.3 Å². The second-order valence-corrected chi connectivity index (χ2v) is 4.89. The molecule has 0 aliphatic heterocycles. The Labute approximate surface area is 130 Å². The van der Waals surface area contributed by atoms with E-state index >= 15 is 0 Å². The minimum atomic E-state index is -0.995. The fourth-order valence-electron chi connectivity index (χ4n) is 1.92. The third-order valence-electron chi connectivity index (χ3n) is 3.10. The van der Waals surface area contributed by atoms with Crippen LogP contribution in [-0.4, -0.2) is 28.1 Å². The van der Waals surface area contributed by atoms with E-state index in [-0.39, 0.29) is 11.4 Å². The quantitative estimate of drug-likeness (QED) is 0.736. The van der Waals surface area contributed by atoms with E-state index in [0.29, 0.717) is 16.9 Å². The molecule has 2 aromatic heterocycles. The highest BCUT2D eigenvalue weighted by Crippen LogP contribution is 2.16. The molecule has 1 N–H and O–H groups in total. The number of aryl methyl sites for hydroxylation is 1. The van der Waals surface area contributed by atoms with Crippen LogP contribution in [0, 0.1) is 6.92 Å². The molecule has 0 aliphatic rings. The van der Waals surface area contributed by atoms with E-state index < -0.39 is 18.0 Å². The first kappa shape index (κ1) is 14.8. The number of oxazole rings is 1. The molecule has 0 spiro atoms. The molecule has 2 heterocycles. The molecule has 1 unspecified atom stereocenters. The van der Waals surface area contributed by atoms with Gasteiger partial charge in [-0.3, -0.25) is 4.79 Å². The highest BCUT2D eigenvalue weighted by atomic mass is 16.5. The van der Waals surface area contributed by atoms with Gasteiger partial charge in [-0.15, -0.1) is 0 Å². The Bertz CT molecular complexity index is 867. The Hall–Kier alpha value is -3.16. The van der Waals surface area contributed by atoms with Crippen LogP contribution in [0.2, 0.25) is 0 Å². The summed E-state index contributed by atoms with van der Waals surface area (Å²) in [6.07, 6.45) is 0.292. The number of carbonyl (C=O) groups excluding carboxylic acids is 2. The molecule has 1 amide bonds. The van der Waals surface area contributed by atoms with Crippen LogP contribution < -0.4 is 5.32 Å². The smallest absolute Gasteiger partial charge is 0.339 e. The molecule has 0 radical (unpaired) electrons. The van der Waals surface area contributed by atoms with Gasteiger partial charge in [0.15, 0.2) is 23.9 Å². The Kier molecular flexibility index (Phi) is 3.80. The summed E-state index contributed by atoms with van der Waals surface area (Å²) < 4.78 is 15.1. The summed E-state index contributed by atoms with van der Waals surface area (Å²) in [6.45, 7) is 3.17. The summed E-state index contributed by atoms with van der Waals surface area (Å²) in [7, 11) is 0. The van der Waals surface area contributed by atoms with Crippen LogP contribution >= 0.6 is 0 Å². The summed E-state index contributed by atoms with van der Waals surface area (Å²) in [5, 5.41) is 6.13. The van der Waals surface area contributed by atoms with Crippen molar-refractivity contribution in [2.45, 2.75) is 20.0 Å². The van der Waals surface area contributed by atoms with Gasteiger partial charge in [0, 0.05) is 6.07 Å². The van der Waals surface area contributed by atoms with Crippen molar-refractivity contribution in [2.24, 2.45) is 0 Å². The summed E-state index contributed by atoms with van der Waals surface area (Å²) >= 11 is 0. The number of esters is 1. The van der Waals surface area contributed by atoms with Gasteiger partial charge in [0.25, 0.3) is 5.91 Å². The molecule has 8 heteroatoms. The average Bonchev–Trinajstić information content (AvgIpc) is 3.14. The number of fused-ring (bicyclic) bond motifs is 1. The molecule has 23 heavy (non-hydrogen) atoms. The molecule has 3 rings (SSSR count). The molecule has 8 nitrogen and oxygen atoms in total. The van der Waals surface area contributed by atoms with E-state index in [1.807, 2.05) is 0 Å². The van der Waals surface area contributed by atoms with E-state index in [0.717, 1.165) is 0 Å². The molecule has 1 atom stereocenters. The maximum absolute atomic E-state index is 12.1. The number of benzene rings is 1. The maximum atomic E-state index is 12.1. The van der Waals surface area contributed by atoms with Gasteiger partial charge < -0.3 is 19.0 Å². The molecular formula is C15H13N3O5. The first-order valence-electron chi connectivity index (χ1n) is 6.81. The predicted molar refractivity (Wildman–Crippen MR) is 78.8 cm³/mol. The lowest BCUT2D eigenvalue weighted by atomic mass is 10.2. The fourth-order valence-corrected chi connectivity index (χ4v) is 1.92. The van der Waals surface area contributed by atoms with Crippen LogP contribution in [0.1, 0.15) is 23.0 Å². The van der Waals surface area contributed by atoms with Crippen molar-refractivity contribution in [1.29, 1.82) is 0 Å². The van der Waals surface area contributed by atoms with Crippen molar-refractivity contribution in [2.75, 3.05) is 5.32 Å².